The number of aliphatic hydroxyl groups excluding tert-OH is 2. The van der Waals surface area contributed by atoms with E-state index in [1.165, 1.54) is 16.9 Å². The number of methoxy groups -OCH3 is 1. The zero-order chi connectivity index (χ0) is 27.1. The summed E-state index contributed by atoms with van der Waals surface area (Å²) < 4.78 is 15.0. The molecule has 0 saturated carbocycles. The molecule has 4 atom stereocenters. The molecule has 2 heterocycles. The summed E-state index contributed by atoms with van der Waals surface area (Å²) >= 11 is 0. The second-order valence-electron chi connectivity index (χ2n) is 10.7. The summed E-state index contributed by atoms with van der Waals surface area (Å²) in [6.07, 6.45) is -0.511. The van der Waals surface area contributed by atoms with Crippen molar-refractivity contribution in [2.75, 3.05) is 33.4 Å². The van der Waals surface area contributed by atoms with Crippen LogP contribution < -0.4 is 18.9 Å². The topological polar surface area (TPSA) is 193 Å². The first kappa shape index (κ1) is 40.5. The van der Waals surface area contributed by atoms with Crippen LogP contribution in [0.1, 0.15) is 61.8 Å². The van der Waals surface area contributed by atoms with Gasteiger partial charge in [0.2, 0.25) is 0 Å². The van der Waals surface area contributed by atoms with Crippen LogP contribution in [0.5, 0.6) is 0 Å². The Morgan fingerprint density at radius 2 is 1.13 bits per heavy atom. The number of ether oxygens (including phenoxy) is 3. The number of hydrogen-bond donors (Lipinski definition) is 3. The van der Waals surface area contributed by atoms with Crippen molar-refractivity contribution in [3.63, 3.8) is 0 Å². The summed E-state index contributed by atoms with van der Waals surface area (Å²) in [5, 5.41) is 27.2. The predicted octanol–water partition coefficient (Wildman–Crippen LogP) is -1.07. The molecular formula is C24H45LiN2O11. The zero-order valence-electron chi connectivity index (χ0n) is 23.1. The molecule has 0 radical (unpaired) electrons. The molecule has 4 N–H and O–H groups in total. The van der Waals surface area contributed by atoms with Gasteiger partial charge in [0.15, 0.2) is 0 Å². The van der Waals surface area contributed by atoms with Crippen molar-refractivity contribution in [1.82, 2.24) is 9.80 Å². The molecule has 0 aromatic heterocycles. The molecule has 2 amide bonds. The molecular weight excluding hydrogens is 499 g/mol. The van der Waals surface area contributed by atoms with Crippen molar-refractivity contribution in [1.29, 1.82) is 0 Å². The second kappa shape index (κ2) is 16.8. The van der Waals surface area contributed by atoms with Gasteiger partial charge >= 0.3 is 43.0 Å². The molecule has 14 heteroatoms. The van der Waals surface area contributed by atoms with Crippen molar-refractivity contribution >= 4 is 24.1 Å². The number of carboxylic acids is 1. The number of rotatable bonds is 4. The maximum atomic E-state index is 12.0. The Hall–Kier alpha value is -2.04. The van der Waals surface area contributed by atoms with Gasteiger partial charge in [-0.2, -0.15) is 0 Å². The summed E-state index contributed by atoms with van der Waals surface area (Å²) in [6.45, 7) is 10.8. The Bertz CT molecular complexity index is 767. The maximum Gasteiger partial charge on any atom is 1.00 e. The minimum atomic E-state index is -1.06. The van der Waals surface area contributed by atoms with Crippen molar-refractivity contribution in [2.45, 2.75) is 85.1 Å². The number of carbonyl (C=O) groups is 4. The fourth-order valence-electron chi connectivity index (χ4n) is 3.75. The van der Waals surface area contributed by atoms with Crippen LogP contribution in [0.15, 0.2) is 0 Å². The van der Waals surface area contributed by atoms with Gasteiger partial charge in [-0.25, -0.2) is 19.2 Å². The number of aliphatic carboxylic acids is 1. The van der Waals surface area contributed by atoms with E-state index in [0.717, 1.165) is 0 Å². The van der Waals surface area contributed by atoms with Crippen LogP contribution in [-0.2, 0) is 23.8 Å². The van der Waals surface area contributed by atoms with Crippen LogP contribution in [0, 0.1) is 11.8 Å². The van der Waals surface area contributed by atoms with E-state index in [1.54, 1.807) is 41.5 Å². The summed E-state index contributed by atoms with van der Waals surface area (Å²) in [7, 11) is 1.28. The molecule has 0 aromatic carbocycles. The number of likely N-dealkylation sites (tertiary alicyclic amines) is 2. The molecule has 2 saturated heterocycles. The molecule has 38 heavy (non-hydrogen) atoms. The smallest absolute Gasteiger partial charge is 0.870 e. The maximum absolute atomic E-state index is 12.0. The minimum absolute atomic E-state index is 0. The predicted molar refractivity (Wildman–Crippen MR) is 132 cm³/mol. The summed E-state index contributed by atoms with van der Waals surface area (Å²) in [5.74, 6) is -1.84. The summed E-state index contributed by atoms with van der Waals surface area (Å²) in [6, 6.07) is -1.57. The van der Waals surface area contributed by atoms with Crippen LogP contribution in [0.2, 0.25) is 0 Å². The van der Waals surface area contributed by atoms with Gasteiger partial charge in [-0.15, -0.1) is 0 Å². The van der Waals surface area contributed by atoms with E-state index in [-0.39, 0.29) is 69.8 Å². The van der Waals surface area contributed by atoms with Crippen molar-refractivity contribution < 1.29 is 73.0 Å². The standard InChI is InChI=1S/C12H21NO5.C11H19NO5.CH4.Li.H2O/c1-12(2,3)18-11(16)13-6-8(7-14)5-9(13)10(15)17-4;1-11(2,3)17-10(16)12-5-7(6-13)4-8(12)9(14)15;;;/h8-9,14H,5-7H2,1-4H3;7-8,13H,4-6H2,1-3H3,(H,14,15);1H4;;1H2/q;;;+1;/p-1/t8-,9+;7-,8+;;;/m11.../s1. The second-order valence-corrected chi connectivity index (χ2v) is 10.7. The Morgan fingerprint density at radius 3 is 1.42 bits per heavy atom. The SMILES string of the molecule is C.CC(C)(C)OC(=O)N1C[C@H](CO)C[C@H]1C(=O)O.COC(=O)[C@@H]1C[C@@H](CO)CN1C(=O)OC(C)(C)C.[Li+].[OH-]. The number of carboxylic acid groups (broad SMARTS) is 1. The van der Waals surface area contributed by atoms with Crippen molar-refractivity contribution in [2.24, 2.45) is 11.8 Å². The first-order valence-corrected chi connectivity index (χ1v) is 11.5. The van der Waals surface area contributed by atoms with E-state index in [0.29, 0.717) is 13.0 Å². The van der Waals surface area contributed by atoms with Gasteiger partial charge in [-0.1, -0.05) is 7.43 Å². The Balaban J connectivity index is -0.000000598. The molecule has 0 spiro atoms. The number of aliphatic hydroxyl groups is 2. The third-order valence-electron chi connectivity index (χ3n) is 5.31. The van der Waals surface area contributed by atoms with Crippen LogP contribution >= 0.6 is 0 Å². The number of hydrogen-bond acceptors (Lipinski definition) is 10. The third kappa shape index (κ3) is 12.7. The molecule has 2 rings (SSSR count). The average molecular weight is 545 g/mol. The monoisotopic (exact) mass is 544 g/mol. The van der Waals surface area contributed by atoms with Gasteiger partial charge in [0.25, 0.3) is 0 Å². The first-order valence-electron chi connectivity index (χ1n) is 11.5. The largest absolute Gasteiger partial charge is 1.00 e. The number of nitrogens with zero attached hydrogens (tertiary/aromatic N) is 2. The Morgan fingerprint density at radius 1 is 0.789 bits per heavy atom. The molecule has 0 aromatic rings. The molecule has 218 valence electrons. The minimum Gasteiger partial charge on any atom is -0.870 e. The van der Waals surface area contributed by atoms with E-state index in [9.17, 15) is 19.2 Å². The van der Waals surface area contributed by atoms with Crippen LogP contribution in [0.3, 0.4) is 0 Å². The molecule has 0 unspecified atom stereocenters. The molecule has 2 aliphatic heterocycles. The van der Waals surface area contributed by atoms with E-state index in [2.05, 4.69) is 4.74 Å². The van der Waals surface area contributed by atoms with Crippen molar-refractivity contribution in [3.8, 4) is 0 Å². The van der Waals surface area contributed by atoms with Crippen LogP contribution in [0.4, 0.5) is 9.59 Å². The summed E-state index contributed by atoms with van der Waals surface area (Å²) in [4.78, 5) is 48.9. The molecule has 13 nitrogen and oxygen atoms in total. The summed E-state index contributed by atoms with van der Waals surface area (Å²) in [5.41, 5.74) is -1.27. The Kier molecular flexibility index (Phi) is 17.9. The van der Waals surface area contributed by atoms with E-state index >= 15 is 0 Å². The van der Waals surface area contributed by atoms with Gasteiger partial charge < -0.3 is 35.0 Å². The number of esters is 1. The van der Waals surface area contributed by atoms with E-state index in [4.69, 9.17) is 24.8 Å². The van der Waals surface area contributed by atoms with Gasteiger partial charge in [-0.3, -0.25) is 9.80 Å². The van der Waals surface area contributed by atoms with Gasteiger partial charge in [-0.05, 0) is 54.4 Å². The van der Waals surface area contributed by atoms with Gasteiger partial charge in [0.1, 0.15) is 23.3 Å². The fourth-order valence-corrected chi connectivity index (χ4v) is 3.75. The first-order chi connectivity index (χ1) is 16.0. The van der Waals surface area contributed by atoms with Crippen LogP contribution in [-0.4, -0.2) is 111 Å². The molecule has 2 aliphatic rings. The molecule has 0 aliphatic carbocycles. The Labute approximate surface area is 237 Å². The number of carbonyl (C=O) groups excluding carboxylic acids is 3. The van der Waals surface area contributed by atoms with Crippen molar-refractivity contribution in [3.05, 3.63) is 0 Å². The van der Waals surface area contributed by atoms with E-state index in [1.807, 2.05) is 0 Å². The van der Waals surface area contributed by atoms with Gasteiger partial charge in [0.05, 0.1) is 7.11 Å². The normalized spacial score (nSPS) is 22.4. The number of amides is 2. The molecule has 2 fully saturated rings. The average Bonchev–Trinajstić information content (AvgIpc) is 3.36. The third-order valence-corrected chi connectivity index (χ3v) is 5.31. The molecule has 0 bridgehead atoms. The zero-order valence-corrected chi connectivity index (χ0v) is 23.1. The van der Waals surface area contributed by atoms with E-state index < -0.39 is 47.4 Å². The van der Waals surface area contributed by atoms with Crippen LogP contribution in [0.25, 0.3) is 0 Å². The fraction of sp³-hybridized carbons (Fsp3) is 0.833. The quantitative estimate of drug-likeness (QED) is 0.222. The van der Waals surface area contributed by atoms with Gasteiger partial charge in [0, 0.05) is 38.1 Å².